The SMILES string of the molecule is CC1(CCN)CCN(Cc2ccc3c(c2)CN(C2CCC(=O)NC2=O)C3=O)C1. The summed E-state index contributed by atoms with van der Waals surface area (Å²) in [4.78, 5) is 40.4. The number of benzene rings is 1. The predicted molar refractivity (Wildman–Crippen MR) is 104 cm³/mol. The van der Waals surface area contributed by atoms with Crippen LogP contribution in [-0.4, -0.2) is 53.2 Å². The lowest BCUT2D eigenvalue weighted by atomic mass is 9.86. The number of nitrogens with one attached hydrogen (secondary N) is 1. The first kappa shape index (κ1) is 19.1. The van der Waals surface area contributed by atoms with Crippen LogP contribution in [0.3, 0.4) is 0 Å². The molecule has 150 valence electrons. The van der Waals surface area contributed by atoms with Crippen LogP contribution in [0.1, 0.15) is 54.1 Å². The number of nitrogens with two attached hydrogens (primary N) is 1. The van der Waals surface area contributed by atoms with Crippen LogP contribution in [0.2, 0.25) is 0 Å². The van der Waals surface area contributed by atoms with E-state index in [1.807, 2.05) is 12.1 Å². The lowest BCUT2D eigenvalue weighted by molar-refractivity contribution is -0.136. The third-order valence-electron chi connectivity index (χ3n) is 6.38. The van der Waals surface area contributed by atoms with Gasteiger partial charge >= 0.3 is 0 Å². The molecular formula is C21H28N4O3. The molecule has 3 aliphatic rings. The highest BCUT2D eigenvalue weighted by atomic mass is 16.2. The van der Waals surface area contributed by atoms with Crippen molar-refractivity contribution >= 4 is 17.7 Å². The lowest BCUT2D eigenvalue weighted by Crippen LogP contribution is -2.52. The van der Waals surface area contributed by atoms with Crippen molar-refractivity contribution in [2.24, 2.45) is 11.1 Å². The molecule has 3 aliphatic heterocycles. The standard InChI is InChI=1S/C21H28N4O3/c1-21(6-8-22)7-9-24(13-21)11-14-2-3-16-15(10-14)12-25(20(16)28)17-4-5-18(26)23-19(17)27/h2-3,10,17H,4-9,11-13,22H2,1H3,(H,23,26,27). The van der Waals surface area contributed by atoms with E-state index in [0.717, 1.165) is 44.6 Å². The Bertz CT molecular complexity index is 824. The van der Waals surface area contributed by atoms with Crippen LogP contribution < -0.4 is 11.1 Å². The van der Waals surface area contributed by atoms with E-state index in [-0.39, 0.29) is 24.1 Å². The fourth-order valence-corrected chi connectivity index (χ4v) is 4.80. The third-order valence-corrected chi connectivity index (χ3v) is 6.38. The zero-order valence-electron chi connectivity index (χ0n) is 16.4. The first-order valence-corrected chi connectivity index (χ1v) is 10.1. The average molecular weight is 384 g/mol. The van der Waals surface area contributed by atoms with Crippen LogP contribution in [0.15, 0.2) is 18.2 Å². The molecule has 3 N–H and O–H groups in total. The fraction of sp³-hybridized carbons (Fsp3) is 0.571. The largest absolute Gasteiger partial charge is 0.330 e. The second-order valence-electron chi connectivity index (χ2n) is 8.70. The Kier molecular flexibility index (Phi) is 4.97. The second kappa shape index (κ2) is 7.29. The number of likely N-dealkylation sites (tertiary alicyclic amines) is 1. The summed E-state index contributed by atoms with van der Waals surface area (Å²) in [7, 11) is 0. The molecule has 3 heterocycles. The minimum absolute atomic E-state index is 0.118. The average Bonchev–Trinajstić information content (AvgIpc) is 3.16. The minimum atomic E-state index is -0.559. The van der Waals surface area contributed by atoms with Gasteiger partial charge in [0.15, 0.2) is 0 Å². The van der Waals surface area contributed by atoms with Crippen molar-refractivity contribution in [2.45, 2.75) is 51.7 Å². The van der Waals surface area contributed by atoms with Gasteiger partial charge in [-0.15, -0.1) is 0 Å². The van der Waals surface area contributed by atoms with E-state index >= 15 is 0 Å². The molecule has 0 spiro atoms. The third kappa shape index (κ3) is 3.56. The van der Waals surface area contributed by atoms with Crippen molar-refractivity contribution in [1.82, 2.24) is 15.1 Å². The molecule has 1 aromatic rings. The van der Waals surface area contributed by atoms with Crippen LogP contribution in [-0.2, 0) is 22.7 Å². The first-order chi connectivity index (χ1) is 13.4. The number of hydrogen-bond donors (Lipinski definition) is 2. The molecule has 28 heavy (non-hydrogen) atoms. The number of imide groups is 1. The number of fused-ring (bicyclic) bond motifs is 1. The first-order valence-electron chi connectivity index (χ1n) is 10.1. The van der Waals surface area contributed by atoms with Crippen molar-refractivity contribution in [1.29, 1.82) is 0 Å². The lowest BCUT2D eigenvalue weighted by Gasteiger charge is -2.29. The molecule has 2 fully saturated rings. The summed E-state index contributed by atoms with van der Waals surface area (Å²) in [5, 5.41) is 2.34. The molecule has 0 aromatic heterocycles. The van der Waals surface area contributed by atoms with E-state index in [1.54, 1.807) is 4.90 Å². The maximum Gasteiger partial charge on any atom is 0.255 e. The molecule has 7 heteroatoms. The van der Waals surface area contributed by atoms with Gasteiger partial charge in [0, 0.05) is 31.6 Å². The zero-order valence-corrected chi connectivity index (χ0v) is 16.4. The van der Waals surface area contributed by atoms with Crippen LogP contribution in [0.25, 0.3) is 0 Å². The molecule has 2 unspecified atom stereocenters. The summed E-state index contributed by atoms with van der Waals surface area (Å²) >= 11 is 0. The Morgan fingerprint density at radius 2 is 2.11 bits per heavy atom. The van der Waals surface area contributed by atoms with Crippen molar-refractivity contribution < 1.29 is 14.4 Å². The maximum absolute atomic E-state index is 12.8. The molecule has 0 radical (unpaired) electrons. The molecule has 0 bridgehead atoms. The van der Waals surface area contributed by atoms with E-state index in [9.17, 15) is 14.4 Å². The topological polar surface area (TPSA) is 95.7 Å². The summed E-state index contributed by atoms with van der Waals surface area (Å²) in [6.07, 6.45) is 2.88. The molecule has 0 aliphatic carbocycles. The number of carbonyl (C=O) groups is 3. The van der Waals surface area contributed by atoms with Crippen LogP contribution >= 0.6 is 0 Å². The smallest absolute Gasteiger partial charge is 0.255 e. The molecule has 0 saturated carbocycles. The molecular weight excluding hydrogens is 356 g/mol. The highest BCUT2D eigenvalue weighted by Crippen LogP contribution is 2.34. The zero-order chi connectivity index (χ0) is 19.9. The fourth-order valence-electron chi connectivity index (χ4n) is 4.80. The van der Waals surface area contributed by atoms with Crippen LogP contribution in [0.4, 0.5) is 0 Å². The van der Waals surface area contributed by atoms with Gasteiger partial charge in [-0.05, 0) is 55.0 Å². The molecule has 1 aromatic carbocycles. The van der Waals surface area contributed by atoms with E-state index < -0.39 is 6.04 Å². The number of carbonyl (C=O) groups excluding carboxylic acids is 3. The van der Waals surface area contributed by atoms with E-state index in [2.05, 4.69) is 23.2 Å². The van der Waals surface area contributed by atoms with Crippen LogP contribution in [0.5, 0.6) is 0 Å². The van der Waals surface area contributed by atoms with Crippen molar-refractivity contribution in [2.75, 3.05) is 19.6 Å². The Morgan fingerprint density at radius 3 is 2.86 bits per heavy atom. The summed E-state index contributed by atoms with van der Waals surface area (Å²) in [5.41, 5.74) is 8.88. The van der Waals surface area contributed by atoms with Crippen molar-refractivity contribution in [3.8, 4) is 0 Å². The quantitative estimate of drug-likeness (QED) is 0.739. The van der Waals surface area contributed by atoms with E-state index in [4.69, 9.17) is 5.73 Å². The molecule has 7 nitrogen and oxygen atoms in total. The highest BCUT2D eigenvalue weighted by molar-refractivity contribution is 6.05. The highest BCUT2D eigenvalue weighted by Gasteiger charge is 2.39. The Labute approximate surface area is 165 Å². The number of piperidine rings is 1. The summed E-state index contributed by atoms with van der Waals surface area (Å²) in [6.45, 7) is 6.43. The summed E-state index contributed by atoms with van der Waals surface area (Å²) in [5.74, 6) is -0.749. The number of rotatable bonds is 5. The Morgan fingerprint density at radius 1 is 1.29 bits per heavy atom. The van der Waals surface area contributed by atoms with E-state index in [1.165, 1.54) is 5.56 Å². The normalized spacial score (nSPS) is 28.0. The molecule has 2 saturated heterocycles. The maximum atomic E-state index is 12.8. The van der Waals surface area contributed by atoms with E-state index in [0.29, 0.717) is 23.9 Å². The molecule has 3 amide bonds. The van der Waals surface area contributed by atoms with Gasteiger partial charge in [0.2, 0.25) is 11.8 Å². The van der Waals surface area contributed by atoms with Crippen molar-refractivity contribution in [3.05, 3.63) is 34.9 Å². The number of hydrogen-bond acceptors (Lipinski definition) is 5. The number of nitrogens with zero attached hydrogens (tertiary/aromatic N) is 2. The molecule has 4 rings (SSSR count). The van der Waals surface area contributed by atoms with Crippen LogP contribution in [0, 0.1) is 5.41 Å². The van der Waals surface area contributed by atoms with Gasteiger partial charge in [0.25, 0.3) is 5.91 Å². The van der Waals surface area contributed by atoms with Gasteiger partial charge in [-0.25, -0.2) is 0 Å². The Balaban J connectivity index is 1.44. The predicted octanol–water partition coefficient (Wildman–Crippen LogP) is 1.01. The monoisotopic (exact) mass is 384 g/mol. The van der Waals surface area contributed by atoms with Gasteiger partial charge in [-0.3, -0.25) is 24.6 Å². The summed E-state index contributed by atoms with van der Waals surface area (Å²) < 4.78 is 0. The van der Waals surface area contributed by atoms with Gasteiger partial charge in [0.1, 0.15) is 6.04 Å². The number of amides is 3. The van der Waals surface area contributed by atoms with Gasteiger partial charge in [-0.1, -0.05) is 19.1 Å². The summed E-state index contributed by atoms with van der Waals surface area (Å²) in [6, 6.07) is 5.44. The second-order valence-corrected chi connectivity index (χ2v) is 8.70. The molecule has 2 atom stereocenters. The van der Waals surface area contributed by atoms with Gasteiger partial charge in [0.05, 0.1) is 0 Å². The van der Waals surface area contributed by atoms with Crippen molar-refractivity contribution in [3.63, 3.8) is 0 Å². The Hall–Kier alpha value is -2.25. The van der Waals surface area contributed by atoms with Gasteiger partial charge in [-0.2, -0.15) is 0 Å². The van der Waals surface area contributed by atoms with Gasteiger partial charge < -0.3 is 10.6 Å². The minimum Gasteiger partial charge on any atom is -0.330 e.